The van der Waals surface area contributed by atoms with Crippen LogP contribution in [0.25, 0.3) is 0 Å². The SMILES string of the molecule is CCN(C)C(=O)CNS(=O)(=O)c1ccc(F)cc1N. The second-order valence-corrected chi connectivity index (χ2v) is 5.65. The molecule has 8 heteroatoms. The molecule has 1 rings (SSSR count). The number of sulfonamides is 1. The van der Waals surface area contributed by atoms with E-state index in [2.05, 4.69) is 4.72 Å². The Bertz CT molecular complexity index is 575. The zero-order valence-corrected chi connectivity index (χ0v) is 11.5. The van der Waals surface area contributed by atoms with Crippen LogP contribution in [0, 0.1) is 5.82 Å². The summed E-state index contributed by atoms with van der Waals surface area (Å²) >= 11 is 0. The largest absolute Gasteiger partial charge is 0.398 e. The van der Waals surface area contributed by atoms with Gasteiger partial charge in [-0.05, 0) is 25.1 Å². The number of rotatable bonds is 5. The normalized spacial score (nSPS) is 11.3. The van der Waals surface area contributed by atoms with Crippen LogP contribution >= 0.6 is 0 Å². The summed E-state index contributed by atoms with van der Waals surface area (Å²) in [6.07, 6.45) is 0. The van der Waals surface area contributed by atoms with Gasteiger partial charge in [-0.15, -0.1) is 0 Å². The molecule has 1 aromatic rings. The molecule has 0 aromatic heterocycles. The van der Waals surface area contributed by atoms with Crippen molar-refractivity contribution in [2.75, 3.05) is 25.9 Å². The van der Waals surface area contributed by atoms with Crippen LogP contribution in [0.3, 0.4) is 0 Å². The molecule has 1 amide bonds. The minimum atomic E-state index is -3.93. The smallest absolute Gasteiger partial charge is 0.243 e. The van der Waals surface area contributed by atoms with Gasteiger partial charge in [0.1, 0.15) is 10.7 Å². The monoisotopic (exact) mass is 289 g/mol. The highest BCUT2D eigenvalue weighted by molar-refractivity contribution is 7.89. The van der Waals surface area contributed by atoms with Gasteiger partial charge in [0.25, 0.3) is 0 Å². The second-order valence-electron chi connectivity index (χ2n) is 3.91. The highest BCUT2D eigenvalue weighted by Gasteiger charge is 2.19. The maximum atomic E-state index is 12.8. The minimum Gasteiger partial charge on any atom is -0.398 e. The number of hydrogen-bond acceptors (Lipinski definition) is 4. The average Bonchev–Trinajstić information content (AvgIpc) is 2.34. The molecule has 0 atom stereocenters. The number of nitrogens with zero attached hydrogens (tertiary/aromatic N) is 1. The molecular weight excluding hydrogens is 273 g/mol. The third kappa shape index (κ3) is 3.90. The number of nitrogen functional groups attached to an aromatic ring is 1. The van der Waals surface area contributed by atoms with Crippen LogP contribution in [0.4, 0.5) is 10.1 Å². The van der Waals surface area contributed by atoms with E-state index >= 15 is 0 Å². The topological polar surface area (TPSA) is 92.5 Å². The van der Waals surface area contributed by atoms with Crippen LogP contribution in [0.2, 0.25) is 0 Å². The van der Waals surface area contributed by atoms with E-state index in [0.29, 0.717) is 6.54 Å². The van der Waals surface area contributed by atoms with Gasteiger partial charge in [0.2, 0.25) is 15.9 Å². The maximum Gasteiger partial charge on any atom is 0.243 e. The van der Waals surface area contributed by atoms with Crippen molar-refractivity contribution in [3.05, 3.63) is 24.0 Å². The number of nitrogens with one attached hydrogen (secondary N) is 1. The van der Waals surface area contributed by atoms with Gasteiger partial charge < -0.3 is 10.6 Å². The van der Waals surface area contributed by atoms with Crippen molar-refractivity contribution in [2.24, 2.45) is 0 Å². The van der Waals surface area contributed by atoms with Gasteiger partial charge in [-0.2, -0.15) is 0 Å². The van der Waals surface area contributed by atoms with Crippen molar-refractivity contribution in [2.45, 2.75) is 11.8 Å². The molecule has 0 unspecified atom stereocenters. The Morgan fingerprint density at radius 2 is 2.11 bits per heavy atom. The third-order valence-electron chi connectivity index (χ3n) is 2.57. The van der Waals surface area contributed by atoms with Crippen molar-refractivity contribution in [1.29, 1.82) is 0 Å². The molecule has 0 radical (unpaired) electrons. The van der Waals surface area contributed by atoms with E-state index in [9.17, 15) is 17.6 Å². The quantitative estimate of drug-likeness (QED) is 0.755. The van der Waals surface area contributed by atoms with Gasteiger partial charge >= 0.3 is 0 Å². The summed E-state index contributed by atoms with van der Waals surface area (Å²) in [5, 5.41) is 0. The van der Waals surface area contributed by atoms with Crippen molar-refractivity contribution >= 4 is 21.6 Å². The zero-order chi connectivity index (χ0) is 14.6. The number of nitrogens with two attached hydrogens (primary N) is 1. The Labute approximate surface area is 111 Å². The molecule has 0 spiro atoms. The summed E-state index contributed by atoms with van der Waals surface area (Å²) in [5.74, 6) is -0.995. The number of benzene rings is 1. The van der Waals surface area contributed by atoms with Crippen LogP contribution in [0.5, 0.6) is 0 Å². The molecule has 0 saturated carbocycles. The lowest BCUT2D eigenvalue weighted by Gasteiger charge is -2.15. The Hall–Kier alpha value is -1.67. The Morgan fingerprint density at radius 3 is 2.63 bits per heavy atom. The first-order valence-electron chi connectivity index (χ1n) is 5.56. The highest BCUT2D eigenvalue weighted by atomic mass is 32.2. The van der Waals surface area contributed by atoms with E-state index in [1.165, 1.54) is 4.90 Å². The lowest BCUT2D eigenvalue weighted by Crippen LogP contribution is -2.38. The summed E-state index contributed by atoms with van der Waals surface area (Å²) in [5.41, 5.74) is 5.24. The molecule has 1 aromatic carbocycles. The summed E-state index contributed by atoms with van der Waals surface area (Å²) < 4.78 is 38.8. The summed E-state index contributed by atoms with van der Waals surface area (Å²) in [7, 11) is -2.38. The number of halogens is 1. The summed E-state index contributed by atoms with van der Waals surface area (Å²) in [6, 6.07) is 2.96. The molecule has 0 bridgehead atoms. The van der Waals surface area contributed by atoms with E-state index in [-0.39, 0.29) is 23.0 Å². The molecule has 0 saturated heterocycles. The standard InChI is InChI=1S/C11H16FN3O3S/c1-3-15(2)11(16)7-14-19(17,18)10-5-4-8(12)6-9(10)13/h4-6,14H,3,7,13H2,1-2H3. The highest BCUT2D eigenvalue weighted by Crippen LogP contribution is 2.18. The molecule has 106 valence electrons. The third-order valence-corrected chi connectivity index (χ3v) is 4.05. The van der Waals surface area contributed by atoms with Gasteiger partial charge in [-0.3, -0.25) is 4.79 Å². The zero-order valence-electron chi connectivity index (χ0n) is 10.7. The lowest BCUT2D eigenvalue weighted by molar-refractivity contribution is -0.128. The van der Waals surface area contributed by atoms with Crippen molar-refractivity contribution in [3.63, 3.8) is 0 Å². The van der Waals surface area contributed by atoms with Gasteiger partial charge in [-0.25, -0.2) is 17.5 Å². The molecule has 6 nitrogen and oxygen atoms in total. The Balaban J connectivity index is 2.85. The van der Waals surface area contributed by atoms with Gasteiger partial charge in [0.05, 0.1) is 12.2 Å². The van der Waals surface area contributed by atoms with Crippen LogP contribution in [-0.2, 0) is 14.8 Å². The van der Waals surface area contributed by atoms with E-state index in [1.54, 1.807) is 14.0 Å². The number of likely N-dealkylation sites (N-methyl/N-ethyl adjacent to an activating group) is 1. The molecule has 19 heavy (non-hydrogen) atoms. The number of carbonyl (C=O) groups excluding carboxylic acids is 1. The molecule has 0 fully saturated rings. The fourth-order valence-electron chi connectivity index (χ4n) is 1.31. The van der Waals surface area contributed by atoms with E-state index < -0.39 is 15.8 Å². The summed E-state index contributed by atoms with van der Waals surface area (Å²) in [6.45, 7) is 1.87. The van der Waals surface area contributed by atoms with Crippen molar-refractivity contribution in [1.82, 2.24) is 9.62 Å². The second kappa shape index (κ2) is 5.98. The van der Waals surface area contributed by atoms with Crippen LogP contribution in [0.1, 0.15) is 6.92 Å². The average molecular weight is 289 g/mol. The summed E-state index contributed by atoms with van der Waals surface area (Å²) in [4.78, 5) is 12.6. The van der Waals surface area contributed by atoms with Gasteiger partial charge in [0.15, 0.2) is 0 Å². The predicted octanol–water partition coefficient (Wildman–Crippen LogP) is 0.165. The Morgan fingerprint density at radius 1 is 1.47 bits per heavy atom. The van der Waals surface area contributed by atoms with Gasteiger partial charge in [0, 0.05) is 13.6 Å². The van der Waals surface area contributed by atoms with Crippen LogP contribution in [-0.4, -0.2) is 39.4 Å². The Kier molecular flexibility index (Phi) is 4.84. The maximum absolute atomic E-state index is 12.8. The first-order valence-corrected chi connectivity index (χ1v) is 7.05. The lowest BCUT2D eigenvalue weighted by atomic mass is 10.3. The number of anilines is 1. The molecule has 3 N–H and O–H groups in total. The van der Waals surface area contributed by atoms with Gasteiger partial charge in [-0.1, -0.05) is 0 Å². The van der Waals surface area contributed by atoms with Crippen molar-refractivity contribution < 1.29 is 17.6 Å². The molecule has 0 aliphatic carbocycles. The first kappa shape index (κ1) is 15.4. The van der Waals surface area contributed by atoms with E-state index in [0.717, 1.165) is 18.2 Å². The fraction of sp³-hybridized carbons (Fsp3) is 0.364. The minimum absolute atomic E-state index is 0.205. The number of carbonyl (C=O) groups is 1. The first-order chi connectivity index (χ1) is 8.77. The number of hydrogen-bond donors (Lipinski definition) is 2. The van der Waals surface area contributed by atoms with Crippen LogP contribution < -0.4 is 10.5 Å². The van der Waals surface area contributed by atoms with E-state index in [4.69, 9.17) is 5.73 Å². The predicted molar refractivity (Wildman–Crippen MR) is 69.3 cm³/mol. The molecule has 0 heterocycles. The fourth-order valence-corrected chi connectivity index (χ4v) is 2.40. The van der Waals surface area contributed by atoms with E-state index in [1.807, 2.05) is 0 Å². The molecular formula is C11H16FN3O3S. The van der Waals surface area contributed by atoms with Crippen molar-refractivity contribution in [3.8, 4) is 0 Å². The molecule has 0 aliphatic heterocycles. The van der Waals surface area contributed by atoms with Crippen LogP contribution in [0.15, 0.2) is 23.1 Å². The number of amides is 1. The molecule has 0 aliphatic rings.